The van der Waals surface area contributed by atoms with E-state index < -0.39 is 5.41 Å². The van der Waals surface area contributed by atoms with Gasteiger partial charge in [-0.15, -0.1) is 0 Å². The summed E-state index contributed by atoms with van der Waals surface area (Å²) < 4.78 is 0. The highest BCUT2D eigenvalue weighted by atomic mass is 15.1. The van der Waals surface area contributed by atoms with Crippen LogP contribution in [0.4, 0.5) is 34.1 Å². The van der Waals surface area contributed by atoms with E-state index in [1.54, 1.807) is 0 Å². The van der Waals surface area contributed by atoms with E-state index >= 15 is 0 Å². The van der Waals surface area contributed by atoms with Crippen molar-refractivity contribution in [3.63, 3.8) is 0 Å². The van der Waals surface area contributed by atoms with Crippen molar-refractivity contribution in [1.82, 2.24) is 0 Å². The highest BCUT2D eigenvalue weighted by Crippen LogP contribution is 2.60. The molecule has 0 saturated heterocycles. The topological polar surface area (TPSA) is 6.48 Å². The number of fused-ring (bicyclic) bond motifs is 6. The van der Waals surface area contributed by atoms with Gasteiger partial charge in [0.15, 0.2) is 0 Å². The Morgan fingerprint density at radius 2 is 0.607 bits per heavy atom. The van der Waals surface area contributed by atoms with E-state index in [4.69, 9.17) is 0 Å². The molecule has 0 bridgehead atoms. The van der Waals surface area contributed by atoms with E-state index in [-0.39, 0.29) is 5.41 Å². The quantitative estimate of drug-likeness (QED) is 0.120. The van der Waals surface area contributed by atoms with Gasteiger partial charge < -0.3 is 9.80 Å². The molecule has 2 aliphatic rings. The van der Waals surface area contributed by atoms with Crippen molar-refractivity contribution in [1.29, 1.82) is 0 Å². The Labute approximate surface area is 493 Å². The molecule has 0 heterocycles. The fraction of sp³-hybridized carbons (Fsp3) is 0.0488. The number of nitrogens with zero attached hydrogens (tertiary/aromatic N) is 2. The third-order valence-electron chi connectivity index (χ3n) is 17.8. The molecule has 0 aromatic heterocycles. The zero-order valence-corrected chi connectivity index (χ0v) is 47.1. The molecule has 15 rings (SSSR count). The number of hydrogen-bond acceptors (Lipinski definition) is 2. The second-order valence-electron chi connectivity index (χ2n) is 22.8. The monoisotopic (exact) mass is 1070 g/mol. The van der Waals surface area contributed by atoms with Crippen LogP contribution in [0, 0.1) is 0 Å². The third-order valence-corrected chi connectivity index (χ3v) is 17.8. The van der Waals surface area contributed by atoms with Crippen molar-refractivity contribution >= 4 is 34.1 Å². The minimum Gasteiger partial charge on any atom is -0.310 e. The van der Waals surface area contributed by atoms with Crippen molar-refractivity contribution in [3.05, 3.63) is 361 Å². The first-order valence-corrected chi connectivity index (χ1v) is 29.2. The van der Waals surface area contributed by atoms with Crippen molar-refractivity contribution in [2.24, 2.45) is 0 Å². The van der Waals surface area contributed by atoms with Gasteiger partial charge in [0.2, 0.25) is 0 Å². The second-order valence-corrected chi connectivity index (χ2v) is 22.8. The minimum absolute atomic E-state index is 0.162. The van der Waals surface area contributed by atoms with Crippen LogP contribution in [-0.2, 0) is 10.8 Å². The van der Waals surface area contributed by atoms with E-state index in [0.29, 0.717) is 0 Å². The molecule has 13 aromatic rings. The molecule has 0 aliphatic heterocycles. The minimum atomic E-state index is -0.662. The second kappa shape index (κ2) is 20.8. The van der Waals surface area contributed by atoms with Crippen LogP contribution in [0.15, 0.2) is 328 Å². The molecule has 0 saturated carbocycles. The standard InChI is InChI=1S/C82H60N2/c1-81(2)75-37-21-18-35-71(75)72-53-52-68(55-77(72)81)83(65-46-40-59(41-47-65)57-24-8-3-9-25-57)66-50-44-62(45-51-66)74-54-69(56-78-80(74)73-36-19-22-38-76(73)82(78,63-30-14-6-15-31-63)64-32-16-7-17-33-64)84(67-48-42-60(43-49-67)58-26-10-4-11-27-58)79-39-23-20-34-70(79)61-28-12-5-13-29-61/h3-56H,1-2H3. The first-order chi connectivity index (χ1) is 41.4. The molecular formula is C82H60N2. The largest absolute Gasteiger partial charge is 0.310 e. The van der Waals surface area contributed by atoms with Crippen molar-refractivity contribution < 1.29 is 0 Å². The summed E-state index contributed by atoms with van der Waals surface area (Å²) in [7, 11) is 0. The molecule has 0 radical (unpaired) electrons. The summed E-state index contributed by atoms with van der Waals surface area (Å²) >= 11 is 0. The van der Waals surface area contributed by atoms with E-state index in [1.807, 2.05) is 0 Å². The van der Waals surface area contributed by atoms with Gasteiger partial charge in [0.1, 0.15) is 0 Å². The average Bonchev–Trinajstić information content (AvgIpc) is 1.88. The lowest BCUT2D eigenvalue weighted by atomic mass is 9.67. The maximum absolute atomic E-state index is 2.51. The number of anilines is 6. The third kappa shape index (κ3) is 8.40. The van der Waals surface area contributed by atoms with Crippen LogP contribution in [0.3, 0.4) is 0 Å². The van der Waals surface area contributed by atoms with Crippen molar-refractivity contribution in [2.75, 3.05) is 9.80 Å². The lowest BCUT2D eigenvalue weighted by molar-refractivity contribution is 0.660. The van der Waals surface area contributed by atoms with Gasteiger partial charge in [0.05, 0.1) is 11.1 Å². The molecule has 0 N–H and O–H groups in total. The molecule has 2 heteroatoms. The Morgan fingerprint density at radius 3 is 1.17 bits per heavy atom. The zero-order chi connectivity index (χ0) is 56.2. The van der Waals surface area contributed by atoms with Gasteiger partial charge in [-0.25, -0.2) is 0 Å². The van der Waals surface area contributed by atoms with Gasteiger partial charge in [-0.2, -0.15) is 0 Å². The molecule has 0 spiro atoms. The summed E-state index contributed by atoms with van der Waals surface area (Å²) in [5, 5.41) is 0. The summed E-state index contributed by atoms with van der Waals surface area (Å²) in [6.07, 6.45) is 0. The molecule has 2 nitrogen and oxygen atoms in total. The maximum Gasteiger partial charge on any atom is 0.0714 e. The van der Waals surface area contributed by atoms with E-state index in [1.165, 1.54) is 77.9 Å². The molecule has 13 aromatic carbocycles. The van der Waals surface area contributed by atoms with Gasteiger partial charge >= 0.3 is 0 Å². The van der Waals surface area contributed by atoms with Crippen LogP contribution in [0.1, 0.15) is 47.2 Å². The van der Waals surface area contributed by atoms with Crippen LogP contribution in [0.2, 0.25) is 0 Å². The fourth-order valence-electron chi connectivity index (χ4n) is 13.8. The maximum atomic E-state index is 2.51. The van der Waals surface area contributed by atoms with Gasteiger partial charge in [0.25, 0.3) is 0 Å². The Hall–Kier alpha value is -10.5. The molecule has 0 unspecified atom stereocenters. The number of benzene rings is 13. The Morgan fingerprint density at radius 1 is 0.226 bits per heavy atom. The summed E-state index contributed by atoms with van der Waals surface area (Å²) in [5.41, 5.74) is 27.7. The first kappa shape index (κ1) is 50.4. The number of hydrogen-bond donors (Lipinski definition) is 0. The molecule has 0 fully saturated rings. The molecule has 0 amide bonds. The van der Waals surface area contributed by atoms with E-state index in [9.17, 15) is 0 Å². The highest BCUT2D eigenvalue weighted by Gasteiger charge is 2.47. The summed E-state index contributed by atoms with van der Waals surface area (Å²) in [6.45, 7) is 4.73. The van der Waals surface area contributed by atoms with Crippen LogP contribution < -0.4 is 9.80 Å². The van der Waals surface area contributed by atoms with E-state index in [2.05, 4.69) is 351 Å². The van der Waals surface area contributed by atoms with Crippen LogP contribution >= 0.6 is 0 Å². The van der Waals surface area contributed by atoms with Gasteiger partial charge in [-0.3, -0.25) is 0 Å². The van der Waals surface area contributed by atoms with Gasteiger partial charge in [-0.05, 0) is 161 Å². The Balaban J connectivity index is 0.968. The number of rotatable bonds is 12. The normalized spacial score (nSPS) is 13.1. The Kier molecular flexibility index (Phi) is 12.5. The van der Waals surface area contributed by atoms with Crippen LogP contribution in [0.5, 0.6) is 0 Å². The molecule has 84 heavy (non-hydrogen) atoms. The Bertz CT molecular complexity index is 4470. The highest BCUT2D eigenvalue weighted by molar-refractivity contribution is 6.00. The predicted octanol–water partition coefficient (Wildman–Crippen LogP) is 22.0. The summed E-state index contributed by atoms with van der Waals surface area (Å²) in [4.78, 5) is 4.93. The van der Waals surface area contributed by atoms with E-state index in [0.717, 1.165) is 56.4 Å². The van der Waals surface area contributed by atoms with Crippen molar-refractivity contribution in [2.45, 2.75) is 24.7 Å². The molecule has 0 atom stereocenters. The fourth-order valence-corrected chi connectivity index (χ4v) is 13.8. The molecule has 2 aliphatic carbocycles. The average molecular weight is 1070 g/mol. The molecule has 398 valence electrons. The van der Waals surface area contributed by atoms with Crippen molar-refractivity contribution in [3.8, 4) is 66.8 Å². The molecular weight excluding hydrogens is 1010 g/mol. The van der Waals surface area contributed by atoms with Crippen LogP contribution in [-0.4, -0.2) is 0 Å². The summed E-state index contributed by atoms with van der Waals surface area (Å²) in [6, 6.07) is 121. The first-order valence-electron chi connectivity index (χ1n) is 29.2. The number of para-hydroxylation sites is 1. The van der Waals surface area contributed by atoms with Crippen LogP contribution in [0.25, 0.3) is 66.8 Å². The van der Waals surface area contributed by atoms with Gasteiger partial charge in [0, 0.05) is 39.4 Å². The van der Waals surface area contributed by atoms with Gasteiger partial charge in [-0.1, -0.05) is 275 Å². The SMILES string of the molecule is CC1(C)c2ccccc2-c2ccc(N(c3ccc(-c4ccccc4)cc3)c3ccc(-c4cc(N(c5ccc(-c6ccccc6)cc5)c5ccccc5-c5ccccc5)cc5c4-c4ccccc4C5(c4ccccc4)c4ccccc4)cc3)cc21. The zero-order valence-electron chi connectivity index (χ0n) is 47.1. The lowest BCUT2D eigenvalue weighted by Gasteiger charge is -2.35. The smallest absolute Gasteiger partial charge is 0.0714 e. The lowest BCUT2D eigenvalue weighted by Crippen LogP contribution is -2.28. The predicted molar refractivity (Wildman–Crippen MR) is 352 cm³/mol. The summed E-state index contributed by atoms with van der Waals surface area (Å²) in [5.74, 6) is 0.